The fourth-order valence-corrected chi connectivity index (χ4v) is 5.47. The molecule has 31 heavy (non-hydrogen) atoms. The molecule has 0 unspecified atom stereocenters. The predicted octanol–water partition coefficient (Wildman–Crippen LogP) is 8.26. The quantitative estimate of drug-likeness (QED) is 0.270. The van der Waals surface area contributed by atoms with Crippen LogP contribution in [0, 0.1) is 17.1 Å². The average Bonchev–Trinajstić information content (AvgIpc) is 3.38. The number of nitriles is 1. The summed E-state index contributed by atoms with van der Waals surface area (Å²) in [7, 11) is 0. The van der Waals surface area contributed by atoms with Gasteiger partial charge in [0, 0.05) is 26.4 Å². The van der Waals surface area contributed by atoms with E-state index >= 15 is 0 Å². The summed E-state index contributed by atoms with van der Waals surface area (Å²) in [5.41, 5.74) is 4.69. The lowest BCUT2D eigenvalue weighted by molar-refractivity contribution is 0.628. The van der Waals surface area contributed by atoms with Crippen molar-refractivity contribution < 1.29 is 4.39 Å². The molecule has 6 heteroatoms. The van der Waals surface area contributed by atoms with Gasteiger partial charge in [0.25, 0.3) is 0 Å². The first-order valence-electron chi connectivity index (χ1n) is 9.47. The number of hydrogen-bond donors (Lipinski definition) is 0. The van der Waals surface area contributed by atoms with Crippen LogP contribution in [0.3, 0.4) is 0 Å². The van der Waals surface area contributed by atoms with Gasteiger partial charge in [-0.1, -0.05) is 29.8 Å². The van der Waals surface area contributed by atoms with Crippen molar-refractivity contribution in [2.75, 3.05) is 0 Å². The Hall–Kier alpha value is -3.04. The second-order valence-electron chi connectivity index (χ2n) is 6.86. The summed E-state index contributed by atoms with van der Waals surface area (Å²) in [6.45, 7) is 0. The van der Waals surface area contributed by atoms with E-state index in [0.717, 1.165) is 38.2 Å². The van der Waals surface area contributed by atoms with Gasteiger partial charge in [-0.3, -0.25) is 3.97 Å². The molecular weight excluding hydrogens is 447 g/mol. The molecule has 3 aromatic carbocycles. The summed E-state index contributed by atoms with van der Waals surface area (Å²) in [6.07, 6.45) is 0. The second-order valence-corrected chi connectivity index (χ2v) is 9.23. The van der Waals surface area contributed by atoms with Crippen molar-refractivity contribution in [1.82, 2.24) is 3.97 Å². The molecule has 2 heterocycles. The minimum atomic E-state index is -0.286. The van der Waals surface area contributed by atoms with Gasteiger partial charge in [0.15, 0.2) is 0 Å². The van der Waals surface area contributed by atoms with Crippen molar-refractivity contribution in [2.24, 2.45) is 0 Å². The molecule has 0 aliphatic carbocycles. The third-order valence-corrected chi connectivity index (χ3v) is 7.11. The summed E-state index contributed by atoms with van der Waals surface area (Å²) in [5, 5.41) is 13.3. The number of fused-ring (bicyclic) bond motifs is 1. The first-order chi connectivity index (χ1) is 15.2. The summed E-state index contributed by atoms with van der Waals surface area (Å²) in [6, 6.07) is 26.6. The molecule has 0 radical (unpaired) electrons. The summed E-state index contributed by atoms with van der Waals surface area (Å²) in [4.78, 5) is 1.67. The molecule has 0 atom stereocenters. The Morgan fingerprint density at radius 2 is 1.68 bits per heavy atom. The molecule has 0 fully saturated rings. The predicted molar refractivity (Wildman–Crippen MR) is 128 cm³/mol. The van der Waals surface area contributed by atoms with Crippen LogP contribution in [-0.2, 0) is 0 Å². The minimum absolute atomic E-state index is 0.286. The van der Waals surface area contributed by atoms with Crippen LogP contribution in [-0.4, -0.2) is 3.97 Å². The Labute approximate surface area is 192 Å². The van der Waals surface area contributed by atoms with Crippen LogP contribution < -0.4 is 0 Å². The fourth-order valence-electron chi connectivity index (χ4n) is 3.64. The van der Waals surface area contributed by atoms with E-state index in [1.54, 1.807) is 24.1 Å². The van der Waals surface area contributed by atoms with Gasteiger partial charge in [-0.15, -0.1) is 11.3 Å². The van der Waals surface area contributed by atoms with Crippen LogP contribution in [0.2, 0.25) is 5.02 Å². The maximum absolute atomic E-state index is 13.7. The zero-order chi connectivity index (χ0) is 21.4. The highest BCUT2D eigenvalue weighted by atomic mass is 35.5. The largest absolute Gasteiger partial charge is 0.279 e. The summed E-state index contributed by atoms with van der Waals surface area (Å²) >= 11 is 9.07. The van der Waals surface area contributed by atoms with E-state index in [1.165, 1.54) is 23.5 Å². The number of rotatable bonds is 4. The van der Waals surface area contributed by atoms with Gasteiger partial charge >= 0.3 is 0 Å². The molecule has 0 spiro atoms. The summed E-state index contributed by atoms with van der Waals surface area (Å²) in [5.74, 6) is -0.286. The van der Waals surface area contributed by atoms with Crippen molar-refractivity contribution in [3.8, 4) is 28.5 Å². The van der Waals surface area contributed by atoms with Gasteiger partial charge in [-0.25, -0.2) is 4.39 Å². The van der Waals surface area contributed by atoms with Gasteiger partial charge in [-0.05, 0) is 83.6 Å². The third-order valence-electron chi connectivity index (χ3n) is 5.00. The lowest BCUT2D eigenvalue weighted by atomic mass is 9.99. The first-order valence-corrected chi connectivity index (χ1v) is 11.5. The molecule has 0 bridgehead atoms. The Morgan fingerprint density at radius 1 is 0.935 bits per heavy atom. The Balaban J connectivity index is 1.85. The van der Waals surface area contributed by atoms with Gasteiger partial charge < -0.3 is 0 Å². The van der Waals surface area contributed by atoms with E-state index in [2.05, 4.69) is 22.2 Å². The van der Waals surface area contributed by atoms with Crippen molar-refractivity contribution in [2.45, 2.75) is 4.90 Å². The van der Waals surface area contributed by atoms with Crippen LogP contribution in [0.5, 0.6) is 0 Å². The van der Waals surface area contributed by atoms with Crippen LogP contribution >= 0.6 is 34.9 Å². The Bertz CT molecular complexity index is 1430. The summed E-state index contributed by atoms with van der Waals surface area (Å²) < 4.78 is 15.9. The molecule has 150 valence electrons. The van der Waals surface area contributed by atoms with E-state index in [9.17, 15) is 9.65 Å². The molecule has 2 aromatic heterocycles. The average molecular weight is 461 g/mol. The lowest BCUT2D eigenvalue weighted by Gasteiger charge is -2.12. The number of hydrogen-bond acceptors (Lipinski definition) is 3. The molecular formula is C25H14ClFN2S2. The number of nitrogens with zero attached hydrogens (tertiary/aromatic N) is 2. The van der Waals surface area contributed by atoms with Crippen molar-refractivity contribution >= 4 is 45.8 Å². The molecule has 5 aromatic rings. The highest BCUT2D eigenvalue weighted by Gasteiger charge is 2.23. The van der Waals surface area contributed by atoms with E-state index in [0.29, 0.717) is 9.90 Å². The Kier molecular flexibility index (Phi) is 5.29. The zero-order valence-electron chi connectivity index (χ0n) is 16.0. The van der Waals surface area contributed by atoms with Gasteiger partial charge in [0.1, 0.15) is 16.8 Å². The van der Waals surface area contributed by atoms with E-state index in [-0.39, 0.29) is 5.82 Å². The minimum Gasteiger partial charge on any atom is -0.279 e. The van der Waals surface area contributed by atoms with Crippen molar-refractivity contribution in [3.05, 3.63) is 100.0 Å². The second kappa shape index (κ2) is 8.24. The molecule has 0 N–H and O–H groups in total. The highest BCUT2D eigenvalue weighted by Crippen LogP contribution is 2.46. The van der Waals surface area contributed by atoms with Gasteiger partial charge in [0.2, 0.25) is 0 Å². The smallest absolute Gasteiger partial charge is 0.123 e. The Morgan fingerprint density at radius 3 is 2.42 bits per heavy atom. The molecule has 2 nitrogen and oxygen atoms in total. The topological polar surface area (TPSA) is 28.7 Å². The van der Waals surface area contributed by atoms with E-state index in [4.69, 9.17) is 11.6 Å². The number of aromatic nitrogens is 1. The van der Waals surface area contributed by atoms with Crippen molar-refractivity contribution in [1.29, 1.82) is 5.26 Å². The van der Waals surface area contributed by atoms with E-state index in [1.807, 2.05) is 47.8 Å². The van der Waals surface area contributed by atoms with Crippen LogP contribution in [0.25, 0.3) is 33.3 Å². The number of halogens is 2. The monoisotopic (exact) mass is 460 g/mol. The maximum atomic E-state index is 13.7. The standard InChI is InChI=1S/C25H14ClFN2S2/c26-17-7-11-19(12-8-17)31-29-22-4-2-1-3-20(22)24(21-13-14-30-23(21)15-28)25(29)16-5-9-18(27)10-6-16/h1-14H. The lowest BCUT2D eigenvalue weighted by Crippen LogP contribution is -1.93. The highest BCUT2D eigenvalue weighted by molar-refractivity contribution is 7.98. The van der Waals surface area contributed by atoms with E-state index < -0.39 is 0 Å². The number of thiophene rings is 1. The number of para-hydroxylation sites is 1. The van der Waals surface area contributed by atoms with Crippen LogP contribution in [0.15, 0.2) is 89.1 Å². The SMILES string of the molecule is N#Cc1sccc1-c1c(-c2ccc(F)cc2)n(Sc2ccc(Cl)cc2)c2ccccc12. The van der Waals surface area contributed by atoms with Gasteiger partial charge in [-0.2, -0.15) is 5.26 Å². The fraction of sp³-hybridized carbons (Fsp3) is 0. The number of benzene rings is 3. The molecule has 5 rings (SSSR count). The molecule has 0 aliphatic heterocycles. The molecule has 0 amide bonds. The molecule has 0 saturated carbocycles. The maximum Gasteiger partial charge on any atom is 0.123 e. The van der Waals surface area contributed by atoms with Crippen LogP contribution in [0.4, 0.5) is 4.39 Å². The normalized spacial score (nSPS) is 11.0. The van der Waals surface area contributed by atoms with Crippen molar-refractivity contribution in [3.63, 3.8) is 0 Å². The third kappa shape index (κ3) is 3.64. The molecule has 0 aliphatic rings. The van der Waals surface area contributed by atoms with Gasteiger partial charge in [0.05, 0.1) is 11.2 Å². The first kappa shape index (κ1) is 19.9. The van der Waals surface area contributed by atoms with Crippen LogP contribution in [0.1, 0.15) is 4.88 Å². The zero-order valence-corrected chi connectivity index (χ0v) is 18.4. The molecule has 0 saturated heterocycles.